The van der Waals surface area contributed by atoms with Crippen LogP contribution in [0.15, 0.2) is 18.3 Å². The minimum absolute atomic E-state index is 0.388. The van der Waals surface area contributed by atoms with Gasteiger partial charge in [0.15, 0.2) is 0 Å². The number of aromatic nitrogens is 1. The minimum atomic E-state index is -3.18. The molecule has 0 aliphatic carbocycles. The first kappa shape index (κ1) is 20.1. The highest BCUT2D eigenvalue weighted by molar-refractivity contribution is 7.88. The van der Waals surface area contributed by atoms with Crippen molar-refractivity contribution in [3.63, 3.8) is 0 Å². The van der Waals surface area contributed by atoms with E-state index in [4.69, 9.17) is 14.0 Å². The molecule has 0 unspecified atom stereocenters. The molecule has 0 aromatic carbocycles. The smallest absolute Gasteiger partial charge is 0.399 e. The molecule has 3 fully saturated rings. The van der Waals surface area contributed by atoms with Gasteiger partial charge in [-0.25, -0.2) is 13.4 Å². The number of ether oxygens (including phenoxy) is 1. The van der Waals surface area contributed by atoms with Crippen LogP contribution in [-0.2, 0) is 24.1 Å². The second-order valence-corrected chi connectivity index (χ2v) is 11.0. The third kappa shape index (κ3) is 3.45. The molecule has 4 rings (SSSR count). The molecule has 3 aliphatic heterocycles. The first-order valence-corrected chi connectivity index (χ1v) is 11.4. The van der Waals surface area contributed by atoms with Gasteiger partial charge in [-0.15, -0.1) is 0 Å². The maximum absolute atomic E-state index is 11.7. The number of anilines is 1. The second-order valence-electron chi connectivity index (χ2n) is 9.02. The number of hydrogen-bond donors (Lipinski definition) is 0. The molecule has 1 spiro atoms. The molecule has 0 atom stereocenters. The zero-order valence-electron chi connectivity index (χ0n) is 17.1. The van der Waals surface area contributed by atoms with Gasteiger partial charge in [-0.2, -0.15) is 4.31 Å². The molecule has 1 aromatic rings. The van der Waals surface area contributed by atoms with Crippen molar-refractivity contribution in [3.8, 4) is 0 Å². The van der Waals surface area contributed by atoms with Crippen LogP contribution in [0, 0.1) is 0 Å². The first-order valence-electron chi connectivity index (χ1n) is 9.57. The van der Waals surface area contributed by atoms with E-state index < -0.39 is 33.9 Å². The van der Waals surface area contributed by atoms with Gasteiger partial charge in [-0.1, -0.05) is 0 Å². The van der Waals surface area contributed by atoms with Crippen LogP contribution < -0.4 is 10.4 Å². The highest BCUT2D eigenvalue weighted by Gasteiger charge is 2.52. The zero-order valence-corrected chi connectivity index (χ0v) is 18.0. The summed E-state index contributed by atoms with van der Waals surface area (Å²) >= 11 is 0. The van der Waals surface area contributed by atoms with Crippen LogP contribution in [-0.4, -0.2) is 80.7 Å². The zero-order chi connectivity index (χ0) is 20.4. The van der Waals surface area contributed by atoms with Crippen LogP contribution in [0.4, 0.5) is 5.82 Å². The Labute approximate surface area is 167 Å². The Morgan fingerprint density at radius 1 is 1.11 bits per heavy atom. The van der Waals surface area contributed by atoms with E-state index in [9.17, 15) is 8.42 Å². The molecular weight excluding hydrogens is 381 g/mol. The summed E-state index contributed by atoms with van der Waals surface area (Å²) in [5, 5.41) is 0. The van der Waals surface area contributed by atoms with Crippen molar-refractivity contribution >= 4 is 28.4 Å². The molecule has 10 heteroatoms. The molecule has 0 saturated carbocycles. The second kappa shape index (κ2) is 6.40. The topological polar surface area (TPSA) is 81.2 Å². The number of rotatable bonds is 3. The summed E-state index contributed by atoms with van der Waals surface area (Å²) in [5.74, 6) is 0.827. The lowest BCUT2D eigenvalue weighted by molar-refractivity contribution is -0.122. The van der Waals surface area contributed by atoms with Crippen molar-refractivity contribution in [1.82, 2.24) is 9.29 Å². The Kier molecular flexibility index (Phi) is 4.59. The average molecular weight is 409 g/mol. The van der Waals surface area contributed by atoms with Gasteiger partial charge in [0, 0.05) is 25.8 Å². The van der Waals surface area contributed by atoms with Crippen LogP contribution >= 0.6 is 0 Å². The Balaban J connectivity index is 1.50. The van der Waals surface area contributed by atoms with Crippen molar-refractivity contribution in [1.29, 1.82) is 0 Å². The molecule has 0 amide bonds. The third-order valence-electron chi connectivity index (χ3n) is 6.27. The van der Waals surface area contributed by atoms with Gasteiger partial charge in [0.05, 0.1) is 30.6 Å². The lowest BCUT2D eigenvalue weighted by Gasteiger charge is -2.52. The standard InChI is InChI=1S/C18H28BN3O5S/c1-16(2)17(3,4)27-19(26-16)14-6-7-20-15(10-14)21-8-9-25-18(11-21)12-22(13-18)28(5,23)24/h6-7,10H,8-9,11-13H2,1-5H3. The lowest BCUT2D eigenvalue weighted by Crippen LogP contribution is -2.71. The van der Waals surface area contributed by atoms with Crippen LogP contribution in [0.25, 0.3) is 0 Å². The van der Waals surface area contributed by atoms with Gasteiger partial charge < -0.3 is 18.9 Å². The van der Waals surface area contributed by atoms with E-state index >= 15 is 0 Å². The van der Waals surface area contributed by atoms with E-state index in [0.717, 1.165) is 11.3 Å². The van der Waals surface area contributed by atoms with Gasteiger partial charge in [-0.3, -0.25) is 0 Å². The Morgan fingerprint density at radius 3 is 2.36 bits per heavy atom. The SMILES string of the molecule is CC1(C)OB(c2ccnc(N3CCOC4(C3)CN(S(C)(=O)=O)C4)c2)OC1(C)C. The number of hydrogen-bond acceptors (Lipinski definition) is 7. The molecule has 154 valence electrons. The molecule has 4 heterocycles. The Bertz CT molecular complexity index is 854. The molecule has 0 bridgehead atoms. The summed E-state index contributed by atoms with van der Waals surface area (Å²) in [4.78, 5) is 6.68. The quantitative estimate of drug-likeness (QED) is 0.662. The monoisotopic (exact) mass is 409 g/mol. The fourth-order valence-electron chi connectivity index (χ4n) is 3.80. The predicted molar refractivity (Wildman–Crippen MR) is 107 cm³/mol. The largest absolute Gasteiger partial charge is 0.495 e. The van der Waals surface area contributed by atoms with E-state index in [2.05, 4.69) is 9.88 Å². The van der Waals surface area contributed by atoms with Crippen LogP contribution in [0.5, 0.6) is 0 Å². The van der Waals surface area contributed by atoms with Crippen molar-refractivity contribution in [3.05, 3.63) is 18.3 Å². The molecule has 3 saturated heterocycles. The minimum Gasteiger partial charge on any atom is -0.399 e. The summed E-state index contributed by atoms with van der Waals surface area (Å²) in [5.41, 5.74) is -0.324. The number of pyridine rings is 1. The van der Waals surface area contributed by atoms with Crippen molar-refractivity contribution in [2.24, 2.45) is 0 Å². The highest BCUT2D eigenvalue weighted by atomic mass is 32.2. The van der Waals surface area contributed by atoms with E-state index in [1.807, 2.05) is 39.8 Å². The lowest BCUT2D eigenvalue weighted by atomic mass is 9.79. The maximum atomic E-state index is 11.7. The summed E-state index contributed by atoms with van der Waals surface area (Å²) in [6, 6.07) is 3.91. The number of morpholine rings is 1. The van der Waals surface area contributed by atoms with Crippen molar-refractivity contribution < 1.29 is 22.5 Å². The van der Waals surface area contributed by atoms with Gasteiger partial charge in [-0.05, 0) is 45.3 Å². The fourth-order valence-corrected chi connectivity index (χ4v) is 4.74. The summed E-state index contributed by atoms with van der Waals surface area (Å²) in [7, 11) is -3.62. The van der Waals surface area contributed by atoms with Gasteiger partial charge >= 0.3 is 7.12 Å². The molecule has 0 N–H and O–H groups in total. The van der Waals surface area contributed by atoms with Gasteiger partial charge in [0.1, 0.15) is 11.4 Å². The van der Waals surface area contributed by atoms with Crippen LogP contribution in [0.1, 0.15) is 27.7 Å². The van der Waals surface area contributed by atoms with E-state index in [0.29, 0.717) is 32.8 Å². The molecule has 8 nitrogen and oxygen atoms in total. The summed E-state index contributed by atoms with van der Waals surface area (Å²) < 4.78 is 43.1. The predicted octanol–water partition coefficient (Wildman–Crippen LogP) is 0.231. The molecule has 28 heavy (non-hydrogen) atoms. The van der Waals surface area contributed by atoms with Crippen LogP contribution in [0.2, 0.25) is 0 Å². The molecule has 0 radical (unpaired) electrons. The normalized spacial score (nSPS) is 26.5. The Hall–Kier alpha value is -1.20. The highest BCUT2D eigenvalue weighted by Crippen LogP contribution is 2.37. The van der Waals surface area contributed by atoms with Gasteiger partial charge in [0.2, 0.25) is 10.0 Å². The number of nitrogens with zero attached hydrogens (tertiary/aromatic N) is 3. The molecule has 3 aliphatic rings. The van der Waals surface area contributed by atoms with Gasteiger partial charge in [0.25, 0.3) is 0 Å². The molecular formula is C18H28BN3O5S. The van der Waals surface area contributed by atoms with E-state index in [1.165, 1.54) is 10.6 Å². The first-order chi connectivity index (χ1) is 12.9. The fraction of sp³-hybridized carbons (Fsp3) is 0.722. The van der Waals surface area contributed by atoms with Crippen molar-refractivity contribution in [2.45, 2.75) is 44.5 Å². The van der Waals surface area contributed by atoms with E-state index in [1.54, 1.807) is 6.20 Å². The molecule has 1 aromatic heterocycles. The third-order valence-corrected chi connectivity index (χ3v) is 7.46. The Morgan fingerprint density at radius 2 is 1.75 bits per heavy atom. The summed E-state index contributed by atoms with van der Waals surface area (Å²) in [6.07, 6.45) is 3.00. The summed E-state index contributed by atoms with van der Waals surface area (Å²) in [6.45, 7) is 10.8. The average Bonchev–Trinajstić information content (AvgIpc) is 2.80. The maximum Gasteiger partial charge on any atom is 0.495 e. The van der Waals surface area contributed by atoms with E-state index in [-0.39, 0.29) is 0 Å². The van der Waals surface area contributed by atoms with Crippen molar-refractivity contribution in [2.75, 3.05) is 43.9 Å². The van der Waals surface area contributed by atoms with Crippen LogP contribution in [0.3, 0.4) is 0 Å². The number of sulfonamides is 1.